The van der Waals surface area contributed by atoms with Crippen molar-refractivity contribution in [1.29, 1.82) is 0 Å². The summed E-state index contributed by atoms with van der Waals surface area (Å²) in [6.45, 7) is 0. The fourth-order valence-electron chi connectivity index (χ4n) is 4.76. The molecule has 0 spiro atoms. The Hall–Kier alpha value is -1.04. The third-order valence-corrected chi connectivity index (χ3v) is 7.19. The SMILES string of the molecule is C[As]C[C@@H](O)CC12CCC(c3ccccc31)c1ccccc12. The van der Waals surface area contributed by atoms with Crippen molar-refractivity contribution in [3.8, 4) is 0 Å². The van der Waals surface area contributed by atoms with E-state index < -0.39 is 0 Å². The zero-order valence-corrected chi connectivity index (χ0v) is 14.9. The van der Waals surface area contributed by atoms with Gasteiger partial charge in [-0.25, -0.2) is 0 Å². The monoisotopic (exact) mass is 353 g/mol. The number of aliphatic hydroxyl groups excluding tert-OH is 1. The Kier molecular flexibility index (Phi) is 3.67. The van der Waals surface area contributed by atoms with Crippen LogP contribution in [0.1, 0.15) is 47.4 Å². The van der Waals surface area contributed by atoms with Crippen LogP contribution in [0.25, 0.3) is 0 Å². The van der Waals surface area contributed by atoms with Gasteiger partial charge in [-0.1, -0.05) is 0 Å². The Balaban J connectivity index is 1.89. The predicted octanol–water partition coefficient (Wildman–Crippen LogP) is 4.13. The Morgan fingerprint density at radius 2 is 1.68 bits per heavy atom. The van der Waals surface area contributed by atoms with Gasteiger partial charge in [0, 0.05) is 0 Å². The zero-order chi connectivity index (χ0) is 15.2. The van der Waals surface area contributed by atoms with Crippen LogP contribution in [-0.4, -0.2) is 27.0 Å². The average Bonchev–Trinajstić information content (AvgIpc) is 2.56. The summed E-state index contributed by atoms with van der Waals surface area (Å²) in [5, 5.41) is 11.6. The average molecular weight is 353 g/mol. The number of rotatable bonds is 4. The molecule has 3 aliphatic rings. The normalized spacial score (nSPS) is 26.9. The van der Waals surface area contributed by atoms with E-state index in [1.165, 1.54) is 35.1 Å². The Bertz CT molecular complexity index is 646. The van der Waals surface area contributed by atoms with Gasteiger partial charge in [-0.05, 0) is 0 Å². The summed E-state index contributed by atoms with van der Waals surface area (Å²) in [5.74, 6) is 0.559. The molecule has 2 aromatic carbocycles. The van der Waals surface area contributed by atoms with Crippen LogP contribution in [0, 0.1) is 0 Å². The second kappa shape index (κ2) is 5.55. The summed E-state index contributed by atoms with van der Waals surface area (Å²) in [6.07, 6.45) is 3.13. The van der Waals surface area contributed by atoms with E-state index in [0.717, 1.165) is 11.6 Å². The van der Waals surface area contributed by atoms with Crippen molar-refractivity contribution in [3.05, 3.63) is 70.8 Å². The zero-order valence-electron chi connectivity index (χ0n) is 13.0. The molecule has 1 nitrogen and oxygen atoms in total. The quantitative estimate of drug-likeness (QED) is 0.820. The van der Waals surface area contributed by atoms with Crippen molar-refractivity contribution >= 4 is 15.8 Å². The molecule has 2 heteroatoms. The van der Waals surface area contributed by atoms with Gasteiger partial charge in [0.1, 0.15) is 0 Å². The minimum absolute atomic E-state index is 0.0393. The molecule has 1 N–H and O–H groups in total. The first-order valence-corrected chi connectivity index (χ1v) is 11.4. The molecule has 0 saturated heterocycles. The van der Waals surface area contributed by atoms with Crippen LogP contribution in [0.3, 0.4) is 0 Å². The number of aliphatic hydroxyl groups is 1. The van der Waals surface area contributed by atoms with Crippen LogP contribution in [0.2, 0.25) is 10.9 Å². The van der Waals surface area contributed by atoms with E-state index in [1.54, 1.807) is 0 Å². The van der Waals surface area contributed by atoms with Crippen molar-refractivity contribution in [1.82, 2.24) is 0 Å². The van der Waals surface area contributed by atoms with Gasteiger partial charge in [-0.3, -0.25) is 0 Å². The summed E-state index contributed by atoms with van der Waals surface area (Å²) in [4.78, 5) is 0. The van der Waals surface area contributed by atoms with Gasteiger partial charge < -0.3 is 0 Å². The van der Waals surface area contributed by atoms with E-state index in [4.69, 9.17) is 0 Å². The van der Waals surface area contributed by atoms with Crippen molar-refractivity contribution in [2.24, 2.45) is 0 Å². The Morgan fingerprint density at radius 3 is 2.27 bits per heavy atom. The first kappa shape index (κ1) is 14.5. The summed E-state index contributed by atoms with van der Waals surface area (Å²) >= 11 is 0.271. The van der Waals surface area contributed by atoms with E-state index in [0.29, 0.717) is 5.92 Å². The standard InChI is InChI=1S/C20H22AsO/c1-21-13-14(22)12-20-11-10-15(16-6-2-4-8-18(16)20)17-7-3-5-9-19(17)20/h2-9,14-15,22H,10-13H2,1H3/t14-,15?,20?/m0/s1. The number of hydrogen-bond acceptors (Lipinski definition) is 1. The van der Waals surface area contributed by atoms with Crippen LogP contribution in [0.15, 0.2) is 48.5 Å². The fraction of sp³-hybridized carbons (Fsp3) is 0.400. The van der Waals surface area contributed by atoms with E-state index in [9.17, 15) is 5.11 Å². The molecule has 3 aliphatic carbocycles. The van der Waals surface area contributed by atoms with E-state index in [2.05, 4.69) is 54.2 Å². The molecule has 1 radical (unpaired) electrons. The Labute approximate surface area is 139 Å². The maximum atomic E-state index is 10.6. The van der Waals surface area contributed by atoms with Gasteiger partial charge >= 0.3 is 139 Å². The summed E-state index contributed by atoms with van der Waals surface area (Å²) in [5.41, 5.74) is 8.26. The molecule has 22 heavy (non-hydrogen) atoms. The van der Waals surface area contributed by atoms with Gasteiger partial charge in [0.05, 0.1) is 0 Å². The molecular formula is C20H22AsO. The molecule has 113 valence electrons. The second-order valence-corrected chi connectivity index (χ2v) is 8.80. The van der Waals surface area contributed by atoms with Gasteiger partial charge in [0.25, 0.3) is 0 Å². The summed E-state index contributed by atoms with van der Waals surface area (Å²) in [7, 11) is 0. The molecule has 2 aromatic rings. The van der Waals surface area contributed by atoms with Crippen molar-refractivity contribution in [2.45, 2.75) is 47.6 Å². The van der Waals surface area contributed by atoms with Gasteiger partial charge in [-0.2, -0.15) is 0 Å². The first-order valence-electron chi connectivity index (χ1n) is 8.19. The Morgan fingerprint density at radius 1 is 1.09 bits per heavy atom. The van der Waals surface area contributed by atoms with Crippen LogP contribution >= 0.6 is 0 Å². The number of benzene rings is 2. The van der Waals surface area contributed by atoms with Crippen molar-refractivity contribution in [3.63, 3.8) is 0 Å². The minimum atomic E-state index is -0.166. The molecule has 0 fully saturated rings. The fourth-order valence-corrected chi connectivity index (χ4v) is 5.91. The van der Waals surface area contributed by atoms with Gasteiger partial charge in [0.15, 0.2) is 0 Å². The molecule has 0 aliphatic heterocycles. The van der Waals surface area contributed by atoms with Crippen molar-refractivity contribution in [2.75, 3.05) is 0 Å². The van der Waals surface area contributed by atoms with Crippen LogP contribution < -0.4 is 0 Å². The molecule has 5 rings (SSSR count). The molecule has 0 saturated carbocycles. The predicted molar refractivity (Wildman–Crippen MR) is 91.8 cm³/mol. The van der Waals surface area contributed by atoms with Crippen LogP contribution in [-0.2, 0) is 5.41 Å². The van der Waals surface area contributed by atoms with E-state index in [-0.39, 0.29) is 27.3 Å². The molecule has 1 atom stereocenters. The van der Waals surface area contributed by atoms with E-state index >= 15 is 0 Å². The third kappa shape index (κ3) is 2.02. The molecule has 0 heterocycles. The molecule has 0 amide bonds. The summed E-state index contributed by atoms with van der Waals surface area (Å²) < 4.78 is 0. The third-order valence-electron chi connectivity index (χ3n) is 5.54. The van der Waals surface area contributed by atoms with Crippen LogP contribution in [0.5, 0.6) is 0 Å². The number of fused-ring (bicyclic) bond motifs is 1. The molecular weight excluding hydrogens is 331 g/mol. The molecule has 2 bridgehead atoms. The summed E-state index contributed by atoms with van der Waals surface area (Å²) in [6, 6.07) is 17.9. The van der Waals surface area contributed by atoms with Crippen molar-refractivity contribution < 1.29 is 5.11 Å². The van der Waals surface area contributed by atoms with E-state index in [1.807, 2.05) is 0 Å². The van der Waals surface area contributed by atoms with Crippen LogP contribution in [0.4, 0.5) is 0 Å². The second-order valence-electron chi connectivity index (χ2n) is 6.70. The van der Waals surface area contributed by atoms with Gasteiger partial charge in [0.2, 0.25) is 0 Å². The van der Waals surface area contributed by atoms with Gasteiger partial charge in [-0.15, -0.1) is 0 Å². The number of hydrogen-bond donors (Lipinski definition) is 1. The topological polar surface area (TPSA) is 20.2 Å². The molecule has 0 aromatic heterocycles. The first-order chi connectivity index (χ1) is 10.8. The maximum absolute atomic E-state index is 10.6. The molecule has 0 unspecified atom stereocenters.